The summed E-state index contributed by atoms with van der Waals surface area (Å²) in [4.78, 5) is 19.7. The van der Waals surface area contributed by atoms with E-state index in [1.807, 2.05) is 6.92 Å². The predicted octanol–water partition coefficient (Wildman–Crippen LogP) is 0.800. The number of amides is 1. The first kappa shape index (κ1) is 29.0. The molecule has 3 aromatic heterocycles. The Labute approximate surface area is 245 Å². The van der Waals surface area contributed by atoms with Crippen molar-refractivity contribution in [2.24, 2.45) is 0 Å². The van der Waals surface area contributed by atoms with Crippen molar-refractivity contribution in [1.82, 2.24) is 40.8 Å². The summed E-state index contributed by atoms with van der Waals surface area (Å²) in [6, 6.07) is 10.4. The number of hydrogen-bond acceptors (Lipinski definition) is 13. The fourth-order valence-electron chi connectivity index (χ4n) is 4.12. The number of carbonyl (C=O) groups is 1. The van der Waals surface area contributed by atoms with Crippen LogP contribution in [0.2, 0.25) is 0 Å². The Morgan fingerprint density at radius 1 is 1.02 bits per heavy atom. The second kappa shape index (κ2) is 12.6. The highest BCUT2D eigenvalue weighted by molar-refractivity contribution is 6.60. The van der Waals surface area contributed by atoms with Gasteiger partial charge >= 0.3 is 0 Å². The van der Waals surface area contributed by atoms with Gasteiger partial charge in [0.05, 0.1) is 73.0 Å². The zero-order valence-corrected chi connectivity index (χ0v) is 23.0. The Morgan fingerprint density at radius 2 is 1.81 bits per heavy atom. The maximum absolute atomic E-state index is 13.0. The van der Waals surface area contributed by atoms with Gasteiger partial charge < -0.3 is 29.9 Å². The van der Waals surface area contributed by atoms with E-state index in [0.717, 1.165) is 18.8 Å². The fourth-order valence-corrected chi connectivity index (χ4v) is 4.12. The average molecular weight is 562 g/mol. The third-order valence-corrected chi connectivity index (χ3v) is 6.05. The van der Waals surface area contributed by atoms with Crippen LogP contribution in [0.15, 0.2) is 40.9 Å². The predicted molar refractivity (Wildman–Crippen MR) is 155 cm³/mol. The molecule has 1 aliphatic heterocycles. The van der Waals surface area contributed by atoms with E-state index in [-0.39, 0.29) is 23.1 Å². The third kappa shape index (κ3) is 7.22. The molecule has 4 aromatic rings. The lowest BCUT2D eigenvalue weighted by Crippen LogP contribution is -2.50. The summed E-state index contributed by atoms with van der Waals surface area (Å²) in [5, 5.41) is 26.8. The van der Waals surface area contributed by atoms with Crippen molar-refractivity contribution >= 4 is 52.5 Å². The Balaban J connectivity index is 1.46. The van der Waals surface area contributed by atoms with Crippen LogP contribution in [-0.2, 0) is 11.3 Å². The van der Waals surface area contributed by atoms with Crippen molar-refractivity contribution < 1.29 is 18.8 Å². The number of benzene rings is 1. The molecule has 1 saturated heterocycles. The molecule has 1 aliphatic rings. The summed E-state index contributed by atoms with van der Waals surface area (Å²) in [5.74, 6) is 1.11. The van der Waals surface area contributed by atoms with Crippen LogP contribution in [0.3, 0.4) is 0 Å². The molecule has 6 radical (unpaired) electrons. The van der Waals surface area contributed by atoms with Gasteiger partial charge in [-0.05, 0) is 31.2 Å². The van der Waals surface area contributed by atoms with Crippen molar-refractivity contribution in [3.05, 3.63) is 53.6 Å². The highest BCUT2D eigenvalue weighted by atomic mass is 16.5. The third-order valence-electron chi connectivity index (χ3n) is 6.05. The quantitative estimate of drug-likeness (QED) is 0.233. The van der Waals surface area contributed by atoms with Crippen LogP contribution >= 0.6 is 0 Å². The van der Waals surface area contributed by atoms with Gasteiger partial charge in [0.2, 0.25) is 0 Å². The Hall–Kier alpha value is -4.50. The smallest absolute Gasteiger partial charge is 0.272 e. The second-order valence-corrected chi connectivity index (χ2v) is 9.48. The van der Waals surface area contributed by atoms with Gasteiger partial charge in [0, 0.05) is 19.2 Å². The van der Waals surface area contributed by atoms with Crippen LogP contribution in [0.5, 0.6) is 5.75 Å². The standard InChI is InChI=1S/C25H25B3N10O4/c1-14-6-7-18(34-33-14)30-19-12-17(21(36-35-19)23(39)32-25(26,27)28)29-16-5-3-4-15(22(16)40-2)24-31-20(37-42-24)13-38-8-10-41-11-9-38/h3-7,12H,8-11,13H2,1-2H3,(H,32,39)(H2,29,30,34,35). The second-order valence-electron chi connectivity index (χ2n) is 9.48. The number of morpholine rings is 1. The minimum Gasteiger partial charge on any atom is -0.494 e. The number of hydrogen-bond donors (Lipinski definition) is 3. The van der Waals surface area contributed by atoms with E-state index in [1.165, 1.54) is 7.11 Å². The first-order chi connectivity index (χ1) is 20.2. The van der Waals surface area contributed by atoms with Crippen molar-refractivity contribution in [2.75, 3.05) is 44.0 Å². The molecule has 0 saturated carbocycles. The first-order valence-electron chi connectivity index (χ1n) is 12.9. The van der Waals surface area contributed by atoms with Crippen molar-refractivity contribution in [2.45, 2.75) is 18.7 Å². The van der Waals surface area contributed by atoms with Gasteiger partial charge in [-0.25, -0.2) is 0 Å². The average Bonchev–Trinajstić information content (AvgIpc) is 3.42. The molecular weight excluding hydrogens is 537 g/mol. The Bertz CT molecular complexity index is 1540. The number of methoxy groups -OCH3 is 1. The number of nitrogens with one attached hydrogen (secondary N) is 3. The van der Waals surface area contributed by atoms with E-state index in [9.17, 15) is 4.79 Å². The lowest BCUT2D eigenvalue weighted by atomic mass is 9.49. The molecule has 0 spiro atoms. The number of aromatic nitrogens is 6. The Kier molecular flexibility index (Phi) is 8.68. The van der Waals surface area contributed by atoms with Crippen LogP contribution in [-0.4, -0.2) is 104 Å². The van der Waals surface area contributed by atoms with Gasteiger partial charge in [-0.1, -0.05) is 16.5 Å². The van der Waals surface area contributed by atoms with Crippen LogP contribution < -0.4 is 20.7 Å². The topological polar surface area (TPSA) is 165 Å². The number of nitrogens with zero attached hydrogens (tertiary/aromatic N) is 7. The number of para-hydroxylation sites is 1. The fraction of sp³-hybridized carbons (Fsp3) is 0.320. The number of carbonyl (C=O) groups excluding carboxylic acids is 1. The molecule has 17 heteroatoms. The van der Waals surface area contributed by atoms with E-state index in [4.69, 9.17) is 37.5 Å². The van der Waals surface area contributed by atoms with E-state index < -0.39 is 11.1 Å². The maximum atomic E-state index is 13.0. The van der Waals surface area contributed by atoms with Crippen molar-refractivity contribution in [1.29, 1.82) is 0 Å². The van der Waals surface area contributed by atoms with Gasteiger partial charge in [-0.3, -0.25) is 9.69 Å². The lowest BCUT2D eigenvalue weighted by Gasteiger charge is -2.24. The first-order valence-corrected chi connectivity index (χ1v) is 12.9. The molecule has 1 fully saturated rings. The number of anilines is 4. The molecule has 0 aliphatic carbocycles. The number of aryl methyl sites for hydroxylation is 1. The van der Waals surface area contributed by atoms with Gasteiger partial charge in [-0.2, -0.15) is 10.1 Å². The van der Waals surface area contributed by atoms with Gasteiger partial charge in [0.15, 0.2) is 28.9 Å². The van der Waals surface area contributed by atoms with Crippen LogP contribution in [0, 0.1) is 6.92 Å². The molecule has 1 aromatic carbocycles. The van der Waals surface area contributed by atoms with Crippen molar-refractivity contribution in [3.8, 4) is 17.2 Å². The molecule has 208 valence electrons. The summed E-state index contributed by atoms with van der Waals surface area (Å²) in [6.07, 6.45) is 0. The molecule has 3 N–H and O–H groups in total. The minimum absolute atomic E-state index is 0.140. The van der Waals surface area contributed by atoms with Crippen molar-refractivity contribution in [3.63, 3.8) is 0 Å². The summed E-state index contributed by atoms with van der Waals surface area (Å²) < 4.78 is 16.7. The maximum Gasteiger partial charge on any atom is 0.272 e. The summed E-state index contributed by atoms with van der Waals surface area (Å²) >= 11 is 0. The molecule has 14 nitrogen and oxygen atoms in total. The summed E-state index contributed by atoms with van der Waals surface area (Å²) in [7, 11) is 18.3. The number of rotatable bonds is 10. The highest BCUT2D eigenvalue weighted by Crippen LogP contribution is 2.38. The highest BCUT2D eigenvalue weighted by Gasteiger charge is 2.23. The number of ether oxygens (including phenoxy) is 2. The molecule has 0 unspecified atom stereocenters. The van der Waals surface area contributed by atoms with Crippen LogP contribution in [0.4, 0.5) is 23.0 Å². The Morgan fingerprint density at radius 3 is 2.52 bits per heavy atom. The molecule has 0 bridgehead atoms. The zero-order chi connectivity index (χ0) is 29.7. The molecule has 1 amide bonds. The normalized spacial score (nSPS) is 13.9. The van der Waals surface area contributed by atoms with E-state index >= 15 is 0 Å². The van der Waals surface area contributed by atoms with Gasteiger partial charge in [0.25, 0.3) is 11.8 Å². The molecule has 5 rings (SSSR count). The van der Waals surface area contributed by atoms with Crippen LogP contribution in [0.25, 0.3) is 11.5 Å². The largest absolute Gasteiger partial charge is 0.494 e. The molecular formula is C25H25B3N10O4. The monoisotopic (exact) mass is 562 g/mol. The SMILES string of the molecule is [B]C([B])([B])NC(=O)c1nnc(Nc2ccc(C)nn2)cc1Nc1cccc(-c2nc(CN3CCOCC3)no2)c1OC. The van der Waals surface area contributed by atoms with Gasteiger partial charge in [0.1, 0.15) is 0 Å². The van der Waals surface area contributed by atoms with Crippen LogP contribution in [0.1, 0.15) is 22.0 Å². The zero-order valence-electron chi connectivity index (χ0n) is 23.0. The molecule has 0 atom stereocenters. The van der Waals surface area contributed by atoms with E-state index in [1.54, 1.807) is 36.4 Å². The molecule has 4 heterocycles. The van der Waals surface area contributed by atoms with E-state index in [2.05, 4.69) is 51.4 Å². The van der Waals surface area contributed by atoms with E-state index in [0.29, 0.717) is 48.4 Å². The van der Waals surface area contributed by atoms with Gasteiger partial charge in [-0.15, -0.1) is 15.3 Å². The minimum atomic E-state index is -1.99. The summed E-state index contributed by atoms with van der Waals surface area (Å²) in [6.45, 7) is 5.24. The summed E-state index contributed by atoms with van der Waals surface area (Å²) in [5.41, 5.74) is 1.83. The lowest BCUT2D eigenvalue weighted by molar-refractivity contribution is 0.0327. The molecule has 42 heavy (non-hydrogen) atoms.